The molecule has 2 saturated heterocycles. The number of carbonyl (C=O) groups excluding carboxylic acids is 1. The summed E-state index contributed by atoms with van der Waals surface area (Å²) in [5, 5.41) is 2.86. The summed E-state index contributed by atoms with van der Waals surface area (Å²) in [7, 11) is -3.25. The second-order valence-electron chi connectivity index (χ2n) is 6.40. The highest BCUT2D eigenvalue weighted by Gasteiger charge is 2.25. The van der Waals surface area contributed by atoms with Crippen LogP contribution in [0.4, 0.5) is 0 Å². The van der Waals surface area contributed by atoms with Crippen molar-refractivity contribution >= 4 is 15.9 Å². The maximum atomic E-state index is 12.3. The van der Waals surface area contributed by atoms with Crippen LogP contribution in [0.5, 0.6) is 0 Å². The van der Waals surface area contributed by atoms with Gasteiger partial charge in [0, 0.05) is 31.8 Å². The average Bonchev–Trinajstić information content (AvgIpc) is 3.26. The second kappa shape index (κ2) is 7.63. The molecule has 0 aromatic heterocycles. The standard InChI is InChI=1S/C17H24N2O4S/c20-17(18-12-16-4-3-11-23-16)15-7-5-14(6-8-15)13-24(21,22)19-9-1-2-10-19/h5-8,16H,1-4,9-13H2,(H,18,20)/t16-/m1/s1. The van der Waals surface area contributed by atoms with Gasteiger partial charge in [-0.1, -0.05) is 12.1 Å². The molecule has 0 bridgehead atoms. The fourth-order valence-corrected chi connectivity index (χ4v) is 4.75. The molecule has 0 unspecified atom stereocenters. The number of benzene rings is 1. The van der Waals surface area contributed by atoms with E-state index in [1.54, 1.807) is 28.6 Å². The molecule has 3 rings (SSSR count). The van der Waals surface area contributed by atoms with Gasteiger partial charge < -0.3 is 10.1 Å². The van der Waals surface area contributed by atoms with Crippen molar-refractivity contribution in [1.29, 1.82) is 0 Å². The molecule has 1 atom stereocenters. The molecule has 2 fully saturated rings. The Morgan fingerprint density at radius 2 is 1.88 bits per heavy atom. The molecule has 6 nitrogen and oxygen atoms in total. The van der Waals surface area contributed by atoms with Gasteiger partial charge in [-0.15, -0.1) is 0 Å². The third kappa shape index (κ3) is 4.34. The van der Waals surface area contributed by atoms with Crippen LogP contribution in [-0.2, 0) is 20.5 Å². The molecular weight excluding hydrogens is 328 g/mol. The van der Waals surface area contributed by atoms with Crippen LogP contribution < -0.4 is 5.32 Å². The number of hydrogen-bond donors (Lipinski definition) is 1. The van der Waals surface area contributed by atoms with Crippen molar-refractivity contribution in [2.45, 2.75) is 37.5 Å². The van der Waals surface area contributed by atoms with Crippen LogP contribution in [0.15, 0.2) is 24.3 Å². The van der Waals surface area contributed by atoms with E-state index in [4.69, 9.17) is 4.74 Å². The van der Waals surface area contributed by atoms with Crippen LogP contribution in [0.1, 0.15) is 41.6 Å². The van der Waals surface area contributed by atoms with Crippen molar-refractivity contribution in [3.8, 4) is 0 Å². The van der Waals surface area contributed by atoms with Crippen molar-refractivity contribution in [3.05, 3.63) is 35.4 Å². The Labute approximate surface area is 143 Å². The zero-order valence-electron chi connectivity index (χ0n) is 13.7. The van der Waals surface area contributed by atoms with Gasteiger partial charge in [0.1, 0.15) is 0 Å². The van der Waals surface area contributed by atoms with E-state index in [1.807, 2.05) is 0 Å². The molecule has 7 heteroatoms. The highest BCUT2D eigenvalue weighted by atomic mass is 32.2. The van der Waals surface area contributed by atoms with E-state index >= 15 is 0 Å². The Morgan fingerprint density at radius 3 is 2.50 bits per heavy atom. The lowest BCUT2D eigenvalue weighted by Gasteiger charge is -2.15. The molecule has 0 aliphatic carbocycles. The Bertz CT molecular complexity index is 660. The molecule has 1 aromatic carbocycles. The van der Waals surface area contributed by atoms with Gasteiger partial charge in [0.25, 0.3) is 5.91 Å². The summed E-state index contributed by atoms with van der Waals surface area (Å²) in [5.74, 6) is -0.162. The largest absolute Gasteiger partial charge is 0.376 e. The van der Waals surface area contributed by atoms with E-state index in [9.17, 15) is 13.2 Å². The van der Waals surface area contributed by atoms with Gasteiger partial charge in [-0.2, -0.15) is 0 Å². The van der Waals surface area contributed by atoms with Crippen molar-refractivity contribution < 1.29 is 17.9 Å². The van der Waals surface area contributed by atoms with E-state index in [2.05, 4.69) is 5.32 Å². The van der Waals surface area contributed by atoms with Gasteiger partial charge in [0.15, 0.2) is 0 Å². The van der Waals surface area contributed by atoms with Crippen molar-refractivity contribution in [3.63, 3.8) is 0 Å². The Hall–Kier alpha value is -1.44. The van der Waals surface area contributed by atoms with Crippen molar-refractivity contribution in [2.75, 3.05) is 26.2 Å². The van der Waals surface area contributed by atoms with Gasteiger partial charge in [-0.25, -0.2) is 12.7 Å². The normalized spacial score (nSPS) is 21.9. The summed E-state index contributed by atoms with van der Waals surface area (Å²) >= 11 is 0. The maximum absolute atomic E-state index is 12.3. The third-order valence-corrected chi connectivity index (χ3v) is 6.39. The van der Waals surface area contributed by atoms with E-state index in [-0.39, 0.29) is 17.8 Å². The minimum Gasteiger partial charge on any atom is -0.376 e. The first-order valence-electron chi connectivity index (χ1n) is 8.51. The van der Waals surface area contributed by atoms with E-state index in [1.165, 1.54) is 0 Å². The first kappa shape index (κ1) is 17.4. The van der Waals surface area contributed by atoms with Gasteiger partial charge >= 0.3 is 0 Å². The summed E-state index contributed by atoms with van der Waals surface area (Å²) in [6.45, 7) is 2.52. The third-order valence-electron chi connectivity index (χ3n) is 4.54. The highest BCUT2D eigenvalue weighted by molar-refractivity contribution is 7.88. The topological polar surface area (TPSA) is 75.7 Å². The molecule has 0 spiro atoms. The molecule has 24 heavy (non-hydrogen) atoms. The summed E-state index contributed by atoms with van der Waals surface area (Å²) in [6.07, 6.45) is 4.00. The molecule has 2 heterocycles. The first-order chi connectivity index (χ1) is 11.5. The number of nitrogens with zero attached hydrogens (tertiary/aromatic N) is 1. The molecule has 132 valence electrons. The summed E-state index contributed by atoms with van der Waals surface area (Å²) in [6, 6.07) is 6.79. The molecule has 1 N–H and O–H groups in total. The minimum absolute atomic E-state index is 0.00911. The zero-order valence-corrected chi connectivity index (χ0v) is 14.6. The fourth-order valence-electron chi connectivity index (χ4n) is 3.13. The maximum Gasteiger partial charge on any atom is 0.251 e. The molecule has 1 aromatic rings. The van der Waals surface area contributed by atoms with Crippen LogP contribution in [0, 0.1) is 0 Å². The van der Waals surface area contributed by atoms with Crippen LogP contribution in [0.25, 0.3) is 0 Å². The molecule has 2 aliphatic heterocycles. The minimum atomic E-state index is -3.25. The Morgan fingerprint density at radius 1 is 1.17 bits per heavy atom. The van der Waals surface area contributed by atoms with Gasteiger partial charge in [-0.05, 0) is 43.4 Å². The average molecular weight is 352 g/mol. The summed E-state index contributed by atoms with van der Waals surface area (Å²) in [5.41, 5.74) is 1.24. The zero-order chi connectivity index (χ0) is 17.0. The lowest BCUT2D eigenvalue weighted by molar-refractivity contribution is 0.0858. The second-order valence-corrected chi connectivity index (χ2v) is 8.37. The summed E-state index contributed by atoms with van der Waals surface area (Å²) in [4.78, 5) is 12.1. The number of sulfonamides is 1. The van der Waals surface area contributed by atoms with E-state index in [0.717, 1.165) is 32.3 Å². The monoisotopic (exact) mass is 352 g/mol. The number of rotatable bonds is 6. The fraction of sp³-hybridized carbons (Fsp3) is 0.588. The predicted octanol–water partition coefficient (Wildman–Crippen LogP) is 1.52. The number of ether oxygens (including phenoxy) is 1. The number of nitrogens with one attached hydrogen (secondary N) is 1. The number of carbonyl (C=O) groups is 1. The van der Waals surface area contributed by atoms with Crippen LogP contribution >= 0.6 is 0 Å². The van der Waals surface area contributed by atoms with E-state index in [0.29, 0.717) is 30.8 Å². The Kier molecular flexibility index (Phi) is 5.53. The SMILES string of the molecule is O=C(NC[C@H]1CCCO1)c1ccc(CS(=O)(=O)N2CCCC2)cc1. The molecular formula is C17H24N2O4S. The first-order valence-corrected chi connectivity index (χ1v) is 10.1. The smallest absolute Gasteiger partial charge is 0.251 e. The number of hydrogen-bond acceptors (Lipinski definition) is 4. The van der Waals surface area contributed by atoms with Gasteiger partial charge in [0.2, 0.25) is 10.0 Å². The van der Waals surface area contributed by atoms with Crippen LogP contribution in [0.2, 0.25) is 0 Å². The Balaban J connectivity index is 1.55. The molecule has 0 saturated carbocycles. The molecule has 0 radical (unpaired) electrons. The summed E-state index contributed by atoms with van der Waals surface area (Å²) < 4.78 is 31.6. The predicted molar refractivity (Wildman–Crippen MR) is 91.2 cm³/mol. The molecule has 2 aliphatic rings. The lowest BCUT2D eigenvalue weighted by atomic mass is 10.1. The van der Waals surface area contributed by atoms with Gasteiger partial charge in [0.05, 0.1) is 11.9 Å². The van der Waals surface area contributed by atoms with Crippen molar-refractivity contribution in [2.24, 2.45) is 0 Å². The van der Waals surface area contributed by atoms with E-state index < -0.39 is 10.0 Å². The molecule has 1 amide bonds. The van der Waals surface area contributed by atoms with Crippen molar-refractivity contribution in [1.82, 2.24) is 9.62 Å². The van der Waals surface area contributed by atoms with Crippen LogP contribution in [-0.4, -0.2) is 51.0 Å². The lowest BCUT2D eigenvalue weighted by Crippen LogP contribution is -2.31. The number of amides is 1. The van der Waals surface area contributed by atoms with Gasteiger partial charge in [-0.3, -0.25) is 4.79 Å². The quantitative estimate of drug-likeness (QED) is 0.842. The highest BCUT2D eigenvalue weighted by Crippen LogP contribution is 2.17. The van der Waals surface area contributed by atoms with Crippen LogP contribution in [0.3, 0.4) is 0 Å².